The number of nitriles is 1. The first-order valence-corrected chi connectivity index (χ1v) is 5.75. The fraction of sp³-hybridized carbons (Fsp3) is 0.333. The number of carbonyl (C=O) groups is 1. The SMILES string of the molecule is CCOC(=O)c1cc(C#N)cc(C(F)(F)F)c1CCl. The Hall–Kier alpha value is -1.74. The number of rotatable bonds is 3. The van der Waals surface area contributed by atoms with E-state index >= 15 is 0 Å². The summed E-state index contributed by atoms with van der Waals surface area (Å²) < 4.78 is 43.2. The Labute approximate surface area is 112 Å². The number of hydrogen-bond acceptors (Lipinski definition) is 3. The van der Waals surface area contributed by atoms with Crippen LogP contribution in [0.2, 0.25) is 0 Å². The molecular formula is C12H9ClF3NO2. The van der Waals surface area contributed by atoms with Gasteiger partial charge in [0.25, 0.3) is 0 Å². The van der Waals surface area contributed by atoms with Crippen LogP contribution in [0, 0.1) is 11.3 Å². The van der Waals surface area contributed by atoms with Gasteiger partial charge in [0.05, 0.1) is 29.4 Å². The van der Waals surface area contributed by atoms with Gasteiger partial charge in [0, 0.05) is 5.88 Å². The second-order valence-corrected chi connectivity index (χ2v) is 3.78. The van der Waals surface area contributed by atoms with Crippen LogP contribution >= 0.6 is 11.6 Å². The van der Waals surface area contributed by atoms with Crippen molar-refractivity contribution in [3.8, 4) is 6.07 Å². The van der Waals surface area contributed by atoms with Crippen LogP contribution in [0.5, 0.6) is 0 Å². The summed E-state index contributed by atoms with van der Waals surface area (Å²) in [6.07, 6.45) is -4.70. The van der Waals surface area contributed by atoms with Crippen molar-refractivity contribution < 1.29 is 22.7 Å². The summed E-state index contributed by atoms with van der Waals surface area (Å²) in [5.74, 6) is -1.44. The number of esters is 1. The maximum atomic E-state index is 12.9. The van der Waals surface area contributed by atoms with Crippen LogP contribution in [0.15, 0.2) is 12.1 Å². The van der Waals surface area contributed by atoms with Crippen LogP contribution in [0.1, 0.15) is 34.0 Å². The normalized spacial score (nSPS) is 10.9. The Bertz CT molecular complexity index is 535. The molecule has 0 aliphatic rings. The molecule has 0 radical (unpaired) electrons. The van der Waals surface area contributed by atoms with E-state index in [2.05, 4.69) is 4.74 Å². The lowest BCUT2D eigenvalue weighted by atomic mass is 9.98. The molecule has 102 valence electrons. The van der Waals surface area contributed by atoms with Gasteiger partial charge in [0.15, 0.2) is 0 Å². The summed E-state index contributed by atoms with van der Waals surface area (Å²) in [5.41, 5.74) is -2.08. The van der Waals surface area contributed by atoms with Crippen molar-refractivity contribution in [2.24, 2.45) is 0 Å². The lowest BCUT2D eigenvalue weighted by Crippen LogP contribution is -2.15. The van der Waals surface area contributed by atoms with E-state index in [0.29, 0.717) is 6.07 Å². The second kappa shape index (κ2) is 5.93. The highest BCUT2D eigenvalue weighted by Gasteiger charge is 2.35. The third kappa shape index (κ3) is 3.38. The van der Waals surface area contributed by atoms with E-state index in [0.717, 1.165) is 6.07 Å². The minimum Gasteiger partial charge on any atom is -0.462 e. The molecule has 0 fully saturated rings. The monoisotopic (exact) mass is 291 g/mol. The van der Waals surface area contributed by atoms with Crippen molar-refractivity contribution in [1.82, 2.24) is 0 Å². The molecule has 0 aliphatic heterocycles. The van der Waals surface area contributed by atoms with Crippen molar-refractivity contribution in [3.05, 3.63) is 34.4 Å². The third-order valence-corrected chi connectivity index (χ3v) is 2.58. The van der Waals surface area contributed by atoms with Crippen LogP contribution < -0.4 is 0 Å². The molecule has 19 heavy (non-hydrogen) atoms. The predicted molar refractivity (Wildman–Crippen MR) is 61.7 cm³/mol. The van der Waals surface area contributed by atoms with Crippen LogP contribution in [0.4, 0.5) is 13.2 Å². The third-order valence-electron chi connectivity index (χ3n) is 2.31. The minimum absolute atomic E-state index is 0.0126. The topological polar surface area (TPSA) is 50.1 Å². The van der Waals surface area contributed by atoms with Gasteiger partial charge in [-0.15, -0.1) is 11.6 Å². The fourth-order valence-corrected chi connectivity index (χ4v) is 1.81. The number of halogens is 4. The first-order valence-electron chi connectivity index (χ1n) is 5.22. The summed E-state index contributed by atoms with van der Waals surface area (Å²) in [7, 11) is 0. The summed E-state index contributed by atoms with van der Waals surface area (Å²) in [5, 5.41) is 8.73. The first-order chi connectivity index (χ1) is 8.85. The van der Waals surface area contributed by atoms with Gasteiger partial charge in [-0.05, 0) is 24.6 Å². The molecule has 0 unspecified atom stereocenters. The Morgan fingerprint density at radius 1 is 1.47 bits per heavy atom. The summed E-state index contributed by atoms with van der Waals surface area (Å²) in [4.78, 5) is 11.6. The molecule has 1 aromatic carbocycles. The van der Waals surface area contributed by atoms with Gasteiger partial charge < -0.3 is 4.74 Å². The molecule has 0 spiro atoms. The van der Waals surface area contributed by atoms with Gasteiger partial charge in [-0.25, -0.2) is 4.79 Å². The second-order valence-electron chi connectivity index (χ2n) is 3.51. The van der Waals surface area contributed by atoms with E-state index in [9.17, 15) is 18.0 Å². The standard InChI is InChI=1S/C12H9ClF3NO2/c1-2-19-11(18)8-3-7(6-17)4-10(9(8)5-13)12(14,15)16/h3-4H,2,5H2,1H3. The van der Waals surface area contributed by atoms with Gasteiger partial charge in [-0.2, -0.15) is 18.4 Å². The van der Waals surface area contributed by atoms with Crippen molar-refractivity contribution in [3.63, 3.8) is 0 Å². The average Bonchev–Trinajstić information content (AvgIpc) is 2.36. The predicted octanol–water partition coefficient (Wildman–Crippen LogP) is 3.49. The summed E-state index contributed by atoms with van der Waals surface area (Å²) in [6.45, 7) is 1.54. The smallest absolute Gasteiger partial charge is 0.416 e. The molecule has 0 atom stereocenters. The zero-order valence-corrected chi connectivity index (χ0v) is 10.6. The summed E-state index contributed by atoms with van der Waals surface area (Å²) in [6, 6.07) is 3.29. The number of hydrogen-bond donors (Lipinski definition) is 0. The number of benzene rings is 1. The van der Waals surface area contributed by atoms with Gasteiger partial charge in [0.2, 0.25) is 0 Å². The molecule has 1 rings (SSSR count). The fourth-order valence-electron chi connectivity index (χ4n) is 1.52. The van der Waals surface area contributed by atoms with E-state index < -0.39 is 23.6 Å². The Kier molecular flexibility index (Phi) is 4.78. The number of ether oxygens (including phenoxy) is 1. The maximum absolute atomic E-state index is 12.9. The molecule has 0 saturated carbocycles. The van der Waals surface area contributed by atoms with Crippen molar-refractivity contribution >= 4 is 17.6 Å². The largest absolute Gasteiger partial charge is 0.462 e. The molecule has 0 aliphatic carbocycles. The zero-order valence-electron chi connectivity index (χ0n) is 9.84. The Morgan fingerprint density at radius 2 is 2.11 bits per heavy atom. The number of nitrogens with zero attached hydrogens (tertiary/aromatic N) is 1. The van der Waals surface area contributed by atoms with E-state index in [4.69, 9.17) is 16.9 Å². The molecule has 1 aromatic rings. The van der Waals surface area contributed by atoms with Crippen LogP contribution in [0.25, 0.3) is 0 Å². The maximum Gasteiger partial charge on any atom is 0.416 e. The molecular weight excluding hydrogens is 283 g/mol. The van der Waals surface area contributed by atoms with Crippen molar-refractivity contribution in [1.29, 1.82) is 5.26 Å². The van der Waals surface area contributed by atoms with Gasteiger partial charge in [-0.1, -0.05) is 0 Å². The van der Waals surface area contributed by atoms with Gasteiger partial charge >= 0.3 is 12.1 Å². The van der Waals surface area contributed by atoms with E-state index in [1.54, 1.807) is 6.07 Å². The molecule has 0 aromatic heterocycles. The molecule has 3 nitrogen and oxygen atoms in total. The lowest BCUT2D eigenvalue weighted by Gasteiger charge is -2.15. The molecule has 7 heteroatoms. The summed E-state index contributed by atoms with van der Waals surface area (Å²) >= 11 is 5.49. The Balaban J connectivity index is 3.54. The number of alkyl halides is 4. The highest BCUT2D eigenvalue weighted by Crippen LogP contribution is 2.35. The van der Waals surface area contributed by atoms with Crippen molar-refractivity contribution in [2.45, 2.75) is 19.0 Å². The van der Waals surface area contributed by atoms with Crippen LogP contribution in [-0.2, 0) is 16.8 Å². The van der Waals surface area contributed by atoms with Crippen molar-refractivity contribution in [2.75, 3.05) is 6.61 Å². The zero-order chi connectivity index (χ0) is 14.6. The molecule has 0 heterocycles. The number of carbonyl (C=O) groups excluding carboxylic acids is 1. The molecule has 0 saturated heterocycles. The highest BCUT2D eigenvalue weighted by atomic mass is 35.5. The van der Waals surface area contributed by atoms with E-state index in [-0.39, 0.29) is 23.3 Å². The van der Waals surface area contributed by atoms with Gasteiger partial charge in [0.1, 0.15) is 0 Å². The average molecular weight is 292 g/mol. The quantitative estimate of drug-likeness (QED) is 0.632. The lowest BCUT2D eigenvalue weighted by molar-refractivity contribution is -0.138. The highest BCUT2D eigenvalue weighted by molar-refractivity contribution is 6.17. The van der Waals surface area contributed by atoms with Crippen LogP contribution in [-0.4, -0.2) is 12.6 Å². The molecule has 0 bridgehead atoms. The van der Waals surface area contributed by atoms with E-state index in [1.165, 1.54) is 6.92 Å². The first kappa shape index (κ1) is 15.3. The molecule has 0 amide bonds. The Morgan fingerprint density at radius 3 is 2.53 bits per heavy atom. The molecule has 0 N–H and O–H groups in total. The van der Waals surface area contributed by atoms with E-state index in [1.807, 2.05) is 0 Å². The van der Waals surface area contributed by atoms with Crippen LogP contribution in [0.3, 0.4) is 0 Å². The van der Waals surface area contributed by atoms with Gasteiger partial charge in [-0.3, -0.25) is 0 Å². The minimum atomic E-state index is -4.70.